The number of carbonyl (C=O) groups excluding carboxylic acids is 4. The number of ether oxygens (including phenoxy) is 8. The highest BCUT2D eigenvalue weighted by Gasteiger charge is 2.77. The summed E-state index contributed by atoms with van der Waals surface area (Å²) in [6.45, 7) is 18.4. The maximum absolute atomic E-state index is 14.4. The number of alkyl carbamates (subject to hydrolysis) is 1. The Morgan fingerprint density at radius 1 is 1.00 bits per heavy atom. The highest BCUT2D eigenvalue weighted by atomic mass is 16.7. The number of rotatable bonds is 10. The summed E-state index contributed by atoms with van der Waals surface area (Å²) in [5, 5.41) is 28.4. The molecule has 16 nitrogen and oxygen atoms in total. The van der Waals surface area contributed by atoms with Crippen molar-refractivity contribution in [3.05, 3.63) is 47.0 Å². The summed E-state index contributed by atoms with van der Waals surface area (Å²) in [4.78, 5) is 57.4. The molecule has 1 aromatic rings. The fourth-order valence-electron chi connectivity index (χ4n) is 11.6. The van der Waals surface area contributed by atoms with Crippen LogP contribution in [0.5, 0.6) is 0 Å². The maximum atomic E-state index is 14.4. The molecule has 0 radical (unpaired) electrons. The number of fused-ring (bicyclic) bond motifs is 8. The van der Waals surface area contributed by atoms with Gasteiger partial charge in [-0.2, -0.15) is 0 Å². The Bertz CT molecular complexity index is 1960. The molecule has 0 unspecified atom stereocenters. The quantitative estimate of drug-likeness (QED) is 0.174. The second kappa shape index (κ2) is 15.8. The van der Waals surface area contributed by atoms with Crippen molar-refractivity contribution in [2.75, 3.05) is 39.5 Å². The van der Waals surface area contributed by atoms with Gasteiger partial charge >= 0.3 is 24.0 Å². The number of aliphatic hydroxyl groups is 2. The van der Waals surface area contributed by atoms with Gasteiger partial charge in [0.05, 0.1) is 43.4 Å². The molecule has 7 aliphatic rings. The molecule has 6 fully saturated rings. The van der Waals surface area contributed by atoms with Crippen LogP contribution >= 0.6 is 0 Å². The topological polar surface area (TPSA) is 198 Å². The average molecular weight is 869 g/mol. The molecule has 1 aromatic carbocycles. The first-order chi connectivity index (χ1) is 29.0. The minimum atomic E-state index is -2.04. The minimum Gasteiger partial charge on any atom is -0.456 e. The Hall–Kier alpha value is -3.64. The van der Waals surface area contributed by atoms with E-state index in [-0.39, 0.29) is 31.8 Å². The van der Waals surface area contributed by atoms with E-state index >= 15 is 0 Å². The van der Waals surface area contributed by atoms with Crippen LogP contribution in [0.25, 0.3) is 0 Å². The zero-order valence-corrected chi connectivity index (χ0v) is 37.4. The molecular weight excluding hydrogens is 805 g/mol. The summed E-state index contributed by atoms with van der Waals surface area (Å²) in [5.74, 6) is -3.23. The molecule has 1 amide bonds. The Kier molecular flexibility index (Phi) is 11.5. The van der Waals surface area contributed by atoms with Crippen molar-refractivity contribution in [2.24, 2.45) is 22.2 Å². The van der Waals surface area contributed by atoms with E-state index in [1.807, 2.05) is 27.7 Å². The lowest BCUT2D eigenvalue weighted by molar-refractivity contribution is -0.345. The van der Waals surface area contributed by atoms with E-state index in [2.05, 4.69) is 10.2 Å². The number of esters is 3. The summed E-state index contributed by atoms with van der Waals surface area (Å²) >= 11 is 0. The fraction of sp³-hybridized carbons (Fsp3) is 0.739. The van der Waals surface area contributed by atoms with Gasteiger partial charge in [0, 0.05) is 36.1 Å². The maximum Gasteiger partial charge on any atom is 0.407 e. The SMILES string of the molecule is CC(=O)O[C@@]12CO[C@@H]1CC[C@@]1(C)[C@@H]3O[C@H](CN4CCC4)O[C@@H]3C3=C(C)[C@@H](OC(=O)[C@H](O)[C@@H](NC(=O)OC(C)(C)C)C4(C)COC4)C[C@@](O)([C@@H](OC(=O)c4ccccc4)[C@@H]12)C3(C)C. The first-order valence-corrected chi connectivity index (χ1v) is 22.0. The van der Waals surface area contributed by atoms with E-state index in [4.69, 9.17) is 37.9 Å². The van der Waals surface area contributed by atoms with Gasteiger partial charge in [-0.15, -0.1) is 0 Å². The molecular formula is C46H64N2O14. The van der Waals surface area contributed by atoms with Gasteiger partial charge in [0.25, 0.3) is 0 Å². The zero-order valence-electron chi connectivity index (χ0n) is 37.4. The number of carbonyl (C=O) groups is 4. The summed E-state index contributed by atoms with van der Waals surface area (Å²) in [5.41, 5.74) is -5.83. The smallest absolute Gasteiger partial charge is 0.407 e. The van der Waals surface area contributed by atoms with Crippen molar-refractivity contribution >= 4 is 24.0 Å². The monoisotopic (exact) mass is 868 g/mol. The van der Waals surface area contributed by atoms with Gasteiger partial charge in [0.15, 0.2) is 18.0 Å². The lowest BCUT2D eigenvalue weighted by Gasteiger charge is -2.68. The van der Waals surface area contributed by atoms with Crippen LogP contribution in [0.15, 0.2) is 41.5 Å². The first kappa shape index (κ1) is 44.9. The number of amides is 1. The third-order valence-corrected chi connectivity index (χ3v) is 15.0. The Balaban J connectivity index is 1.25. The predicted octanol–water partition coefficient (Wildman–Crippen LogP) is 3.84. The predicted molar refractivity (Wildman–Crippen MR) is 219 cm³/mol. The number of nitrogens with zero attached hydrogens (tertiary/aromatic N) is 1. The molecule has 3 aliphatic carbocycles. The summed E-state index contributed by atoms with van der Waals surface area (Å²) < 4.78 is 50.5. The van der Waals surface area contributed by atoms with Crippen LogP contribution in [0.3, 0.4) is 0 Å². The van der Waals surface area contributed by atoms with Crippen molar-refractivity contribution in [1.29, 1.82) is 0 Å². The molecule has 62 heavy (non-hydrogen) atoms. The summed E-state index contributed by atoms with van der Waals surface area (Å²) in [6, 6.07) is 7.29. The summed E-state index contributed by atoms with van der Waals surface area (Å²) in [7, 11) is 0. The van der Waals surface area contributed by atoms with Crippen LogP contribution in [-0.4, -0.2) is 144 Å². The zero-order chi connectivity index (χ0) is 44.8. The van der Waals surface area contributed by atoms with Gasteiger partial charge < -0.3 is 53.4 Å². The molecule has 16 heteroatoms. The highest BCUT2D eigenvalue weighted by molar-refractivity contribution is 5.89. The molecule has 8 rings (SSSR count). The van der Waals surface area contributed by atoms with Crippen molar-refractivity contribution in [3.8, 4) is 0 Å². The molecule has 12 atom stereocenters. The standard InChI is InChI=1S/C46H64N2O14/c1-25-28(57-39(52)32(50)35(43(8)22-55-23-43)47-40(53)62-41(3,4)5)20-46(54)37(60-38(51)27-14-11-10-12-15-27)34-44(9,17-16-29-45(34,24-56-29)61-26(2)49)36-33(31(25)42(46,6)7)58-30(59-36)21-48-18-13-19-48/h10-12,14-15,28-30,32-37,50,54H,13,16-24H2,1-9H3,(H,47,53)/t28-,29+,30+,32+,33+,34-,35+,36+,37-,44+,45-,46+/m0/s1. The number of benzene rings is 1. The molecule has 3 N–H and O–H groups in total. The van der Waals surface area contributed by atoms with E-state index in [0.717, 1.165) is 19.5 Å². The van der Waals surface area contributed by atoms with Gasteiger partial charge in [0.2, 0.25) is 0 Å². The third kappa shape index (κ3) is 7.44. The van der Waals surface area contributed by atoms with Crippen LogP contribution in [0, 0.1) is 22.2 Å². The van der Waals surface area contributed by atoms with Crippen LogP contribution in [0.2, 0.25) is 0 Å². The van der Waals surface area contributed by atoms with E-state index in [1.165, 1.54) is 6.92 Å². The van der Waals surface area contributed by atoms with Gasteiger partial charge in [-0.3, -0.25) is 9.69 Å². The number of hydrogen-bond acceptors (Lipinski definition) is 15. The lowest BCUT2D eigenvalue weighted by atomic mass is 9.45. The van der Waals surface area contributed by atoms with E-state index in [9.17, 15) is 29.4 Å². The molecule has 0 spiro atoms. The largest absolute Gasteiger partial charge is 0.456 e. The minimum absolute atomic E-state index is 0.0102. The van der Waals surface area contributed by atoms with Gasteiger partial charge in [-0.1, -0.05) is 45.9 Å². The first-order valence-electron chi connectivity index (χ1n) is 22.0. The normalized spacial score (nSPS) is 37.8. The van der Waals surface area contributed by atoms with Crippen LogP contribution in [0.1, 0.15) is 98.4 Å². The number of nitrogens with one attached hydrogen (secondary N) is 1. The second-order valence-corrected chi connectivity index (χ2v) is 20.8. The summed E-state index contributed by atoms with van der Waals surface area (Å²) in [6.07, 6.45) is -6.26. The van der Waals surface area contributed by atoms with Crippen molar-refractivity contribution in [3.63, 3.8) is 0 Å². The Morgan fingerprint density at radius 3 is 2.26 bits per heavy atom. The molecule has 4 aliphatic heterocycles. The fourth-order valence-corrected chi connectivity index (χ4v) is 11.6. The number of likely N-dealkylation sites (tertiary alicyclic amines) is 1. The molecule has 342 valence electrons. The molecule has 4 saturated heterocycles. The molecule has 2 bridgehead atoms. The van der Waals surface area contributed by atoms with Crippen molar-refractivity contribution < 1.29 is 67.3 Å². The average Bonchev–Trinajstić information content (AvgIpc) is 3.57. The molecule has 0 aromatic heterocycles. The van der Waals surface area contributed by atoms with E-state index in [1.54, 1.807) is 58.0 Å². The van der Waals surface area contributed by atoms with E-state index in [0.29, 0.717) is 30.5 Å². The van der Waals surface area contributed by atoms with Crippen molar-refractivity contribution in [2.45, 2.75) is 154 Å². The van der Waals surface area contributed by atoms with Crippen LogP contribution in [0.4, 0.5) is 4.79 Å². The van der Waals surface area contributed by atoms with Gasteiger partial charge in [0.1, 0.15) is 35.6 Å². The van der Waals surface area contributed by atoms with Gasteiger partial charge in [-0.05, 0) is 83.3 Å². The molecule has 2 saturated carbocycles. The Labute approximate surface area is 363 Å². The number of hydrogen-bond donors (Lipinski definition) is 3. The molecule has 4 heterocycles. The highest BCUT2D eigenvalue weighted by Crippen LogP contribution is 2.66. The van der Waals surface area contributed by atoms with E-state index < -0.39 is 112 Å². The number of aliphatic hydroxyl groups excluding tert-OH is 1. The Morgan fingerprint density at radius 2 is 1.69 bits per heavy atom. The second-order valence-electron chi connectivity index (χ2n) is 20.8. The lowest BCUT2D eigenvalue weighted by Crippen LogP contribution is -2.79. The van der Waals surface area contributed by atoms with Crippen molar-refractivity contribution in [1.82, 2.24) is 10.2 Å². The van der Waals surface area contributed by atoms with Crippen LogP contribution < -0.4 is 5.32 Å². The van der Waals surface area contributed by atoms with Gasteiger partial charge in [-0.25, -0.2) is 14.4 Å². The third-order valence-electron chi connectivity index (χ3n) is 15.0. The van der Waals surface area contributed by atoms with Crippen LogP contribution in [-0.2, 0) is 47.5 Å².